The zero-order chi connectivity index (χ0) is 83.6. The molecule has 24 aromatic rings. The number of para-hydroxylation sites is 4. The van der Waals surface area contributed by atoms with E-state index in [9.17, 15) is 0 Å². The van der Waals surface area contributed by atoms with Crippen molar-refractivity contribution in [2.75, 3.05) is 0 Å². The molecule has 0 radical (unpaired) electrons. The molecule has 0 aliphatic carbocycles. The van der Waals surface area contributed by atoms with Crippen LogP contribution in [0.15, 0.2) is 461 Å². The van der Waals surface area contributed by atoms with Gasteiger partial charge >= 0.3 is 0 Å². The normalized spacial score (nSPS) is 11.3. The molecule has 5 nitrogen and oxygen atoms in total. The second-order valence-corrected chi connectivity index (χ2v) is 32.2. The summed E-state index contributed by atoms with van der Waals surface area (Å²) in [6.45, 7) is 0. The number of hydrogen-bond acceptors (Lipinski definition) is 0. The van der Waals surface area contributed by atoms with E-state index < -0.39 is 0 Å². The zero-order valence-corrected chi connectivity index (χ0v) is 70.1. The van der Waals surface area contributed by atoms with Gasteiger partial charge in [-0.15, -0.1) is 0 Å². The fourth-order valence-corrected chi connectivity index (χ4v) is 18.3. The number of rotatable bonds is 9. The maximum absolute atomic E-state index is 2.34. The Balaban J connectivity index is 0.000000101. The van der Waals surface area contributed by atoms with Gasteiger partial charge in [-0.25, -0.2) is 0 Å². The molecular formula is C119H91N5. The lowest BCUT2D eigenvalue weighted by Crippen LogP contribution is -1.86. The highest BCUT2D eigenvalue weighted by atomic mass is 15.0. The smallest absolute Gasteiger partial charge is 0.0489 e. The molecule has 5 aromatic heterocycles. The summed E-state index contributed by atoms with van der Waals surface area (Å²) in [7, 11) is 10.7. The predicted molar refractivity (Wildman–Crippen MR) is 531 cm³/mol. The van der Waals surface area contributed by atoms with Crippen LogP contribution in [0.2, 0.25) is 0 Å². The molecule has 0 aliphatic heterocycles. The van der Waals surface area contributed by atoms with Crippen molar-refractivity contribution < 1.29 is 0 Å². The Labute approximate surface area is 723 Å². The molecule has 0 saturated heterocycles. The largest absolute Gasteiger partial charge is 0.344 e. The van der Waals surface area contributed by atoms with Crippen LogP contribution in [-0.2, 0) is 35.2 Å². The van der Waals surface area contributed by atoms with Gasteiger partial charge in [0.1, 0.15) is 0 Å². The average Bonchev–Trinajstić information content (AvgIpc) is 1.55. The van der Waals surface area contributed by atoms with E-state index in [2.05, 4.69) is 519 Å². The average molecular weight is 1590 g/mol. The number of aromatic nitrogens is 5. The second-order valence-electron chi connectivity index (χ2n) is 32.2. The molecule has 0 aliphatic rings. The summed E-state index contributed by atoms with van der Waals surface area (Å²) in [6.07, 6.45) is 0. The van der Waals surface area contributed by atoms with E-state index in [1.807, 2.05) is 0 Å². The van der Waals surface area contributed by atoms with Crippen LogP contribution in [0.5, 0.6) is 0 Å². The summed E-state index contributed by atoms with van der Waals surface area (Å²) in [5.41, 5.74) is 35.2. The lowest BCUT2D eigenvalue weighted by molar-refractivity contribution is 1.01. The van der Waals surface area contributed by atoms with Gasteiger partial charge in [-0.3, -0.25) is 0 Å². The molecule has 0 atom stereocenters. The van der Waals surface area contributed by atoms with Gasteiger partial charge in [-0.2, -0.15) is 0 Å². The monoisotopic (exact) mass is 1590 g/mol. The molecule has 0 fully saturated rings. The quantitative estimate of drug-likeness (QED) is 0.138. The van der Waals surface area contributed by atoms with E-state index in [-0.39, 0.29) is 0 Å². The SMILES string of the molecule is Cn1c2ccc(-c3ccc(-c4ccccc4)cc3)cc2c2cc(-c3ccc(-c4ccccc4)cc3)ccc21.Cn1c2ccc(-c3ccccc3)cc2c2cc(-c3ccccc3)ccc21.Cn1c2ccccc2c2cc(-c3ccc(-c4ccccc4)cc3)ccc21.Cn1c2ccccc2c2cc(-c3ccccc3)ccc21.Cn1c2ccccc2c2ccccc21. The second kappa shape index (κ2) is 33.8. The Kier molecular flexibility index (Phi) is 20.9. The third-order valence-electron chi connectivity index (χ3n) is 25.0. The van der Waals surface area contributed by atoms with E-state index >= 15 is 0 Å². The Morgan fingerprint density at radius 2 is 0.210 bits per heavy atom. The molecule has 0 unspecified atom stereocenters. The van der Waals surface area contributed by atoms with Crippen LogP contribution in [0.3, 0.4) is 0 Å². The number of aryl methyl sites for hydroxylation is 5. The predicted octanol–water partition coefficient (Wildman–Crippen LogP) is 31.7. The minimum absolute atomic E-state index is 1.23. The van der Waals surface area contributed by atoms with Crippen LogP contribution >= 0.6 is 0 Å². The molecule has 592 valence electrons. The Bertz CT molecular complexity index is 7660. The lowest BCUT2D eigenvalue weighted by atomic mass is 9.97. The van der Waals surface area contributed by atoms with Gasteiger partial charge < -0.3 is 22.8 Å². The summed E-state index contributed by atoms with van der Waals surface area (Å²) < 4.78 is 11.4. The lowest BCUT2D eigenvalue weighted by Gasteiger charge is -2.06. The Morgan fingerprint density at radius 3 is 0.395 bits per heavy atom. The first-order valence-corrected chi connectivity index (χ1v) is 42.6. The van der Waals surface area contributed by atoms with Crippen molar-refractivity contribution in [1.29, 1.82) is 0 Å². The van der Waals surface area contributed by atoms with Gasteiger partial charge in [0, 0.05) is 144 Å². The fraction of sp³-hybridized carbons (Fsp3) is 0.0420. The molecule has 24 rings (SSSR count). The number of benzene rings is 19. The van der Waals surface area contributed by atoms with Gasteiger partial charge in [0.05, 0.1) is 0 Å². The van der Waals surface area contributed by atoms with Gasteiger partial charge in [0.2, 0.25) is 0 Å². The topological polar surface area (TPSA) is 24.6 Å². The van der Waals surface area contributed by atoms with Crippen LogP contribution in [0.4, 0.5) is 0 Å². The first-order valence-electron chi connectivity index (χ1n) is 42.6. The zero-order valence-electron chi connectivity index (χ0n) is 70.1. The van der Waals surface area contributed by atoms with Gasteiger partial charge in [-0.1, -0.05) is 364 Å². The van der Waals surface area contributed by atoms with E-state index in [4.69, 9.17) is 0 Å². The number of nitrogens with zero attached hydrogens (tertiary/aromatic N) is 5. The summed E-state index contributed by atoms with van der Waals surface area (Å²) in [4.78, 5) is 0. The van der Waals surface area contributed by atoms with E-state index in [1.165, 1.54) is 209 Å². The van der Waals surface area contributed by atoms with E-state index in [0.29, 0.717) is 0 Å². The van der Waals surface area contributed by atoms with Crippen molar-refractivity contribution in [1.82, 2.24) is 22.8 Å². The van der Waals surface area contributed by atoms with E-state index in [1.54, 1.807) is 0 Å². The summed E-state index contributed by atoms with van der Waals surface area (Å²) in [6, 6.07) is 165. The van der Waals surface area contributed by atoms with Crippen LogP contribution in [0.25, 0.3) is 209 Å². The first kappa shape index (κ1) is 76.8. The van der Waals surface area contributed by atoms with Crippen LogP contribution in [0, 0.1) is 0 Å². The van der Waals surface area contributed by atoms with Crippen molar-refractivity contribution in [2.24, 2.45) is 35.2 Å². The van der Waals surface area contributed by atoms with Crippen LogP contribution < -0.4 is 0 Å². The minimum atomic E-state index is 1.23. The molecule has 124 heavy (non-hydrogen) atoms. The minimum Gasteiger partial charge on any atom is -0.344 e. The number of hydrogen-bond donors (Lipinski definition) is 0. The highest BCUT2D eigenvalue weighted by molar-refractivity contribution is 6.14. The molecule has 0 spiro atoms. The van der Waals surface area contributed by atoms with Gasteiger partial charge in [0.25, 0.3) is 0 Å². The van der Waals surface area contributed by atoms with Crippen molar-refractivity contribution in [3.05, 3.63) is 461 Å². The summed E-state index contributed by atoms with van der Waals surface area (Å²) in [5, 5.41) is 13.1. The molecule has 5 heteroatoms. The Morgan fingerprint density at radius 1 is 0.0968 bits per heavy atom. The molecule has 19 aromatic carbocycles. The van der Waals surface area contributed by atoms with Crippen LogP contribution in [0.1, 0.15) is 0 Å². The third kappa shape index (κ3) is 15.0. The fourth-order valence-electron chi connectivity index (χ4n) is 18.3. The van der Waals surface area contributed by atoms with Crippen molar-refractivity contribution in [3.8, 4) is 100 Å². The van der Waals surface area contributed by atoms with Gasteiger partial charge in [0.15, 0.2) is 0 Å². The van der Waals surface area contributed by atoms with Crippen LogP contribution in [-0.4, -0.2) is 22.8 Å². The highest BCUT2D eigenvalue weighted by Gasteiger charge is 2.17. The molecule has 0 saturated carbocycles. The van der Waals surface area contributed by atoms with Crippen molar-refractivity contribution in [2.45, 2.75) is 0 Å². The standard InChI is InChI=1S/C37H27N.2C25H19N.C19H15N.C13H11N/c1-38-36-22-20-32(30-16-12-28(13-17-30)26-8-4-2-5-9-26)24-34(36)35-25-33(21-23-37(35)38)31-18-14-29(15-19-31)27-10-6-3-7-11-27;1-26-24-14-12-20(18-8-4-2-5-9-18)16-22(24)23-17-21(13-15-25(23)26)19-10-6-3-7-11-19;1-26-24-10-6-5-9-22(24)23-17-21(15-16-25(23)26)20-13-11-19(12-14-20)18-7-3-2-4-8-18;1-20-18-10-6-5-9-16(18)17-13-15(11-12-19(17)20)14-7-3-2-4-8-14;1-14-12-8-4-2-6-10(12)11-7-3-5-9-13(11)14/h2-25H,1H3;2*2-17H,1H3;2-13H,1H3;2-9H,1H3. The van der Waals surface area contributed by atoms with Crippen molar-refractivity contribution >= 4 is 109 Å². The summed E-state index contributed by atoms with van der Waals surface area (Å²) in [5.74, 6) is 0. The van der Waals surface area contributed by atoms with Gasteiger partial charge in [-0.05, 0) is 197 Å². The first-order chi connectivity index (χ1) is 61.1. The highest BCUT2D eigenvalue weighted by Crippen LogP contribution is 2.41. The van der Waals surface area contributed by atoms with Crippen molar-refractivity contribution in [3.63, 3.8) is 0 Å². The Hall–Kier alpha value is -15.8. The molecular weight excluding hydrogens is 1500 g/mol. The molecule has 0 N–H and O–H groups in total. The molecule has 0 amide bonds. The molecule has 5 heterocycles. The maximum Gasteiger partial charge on any atom is 0.0489 e. The molecule has 0 bridgehead atoms. The van der Waals surface area contributed by atoms with E-state index in [0.717, 1.165) is 0 Å². The third-order valence-corrected chi connectivity index (χ3v) is 25.0. The maximum atomic E-state index is 2.34. The number of fused-ring (bicyclic) bond motifs is 15. The summed E-state index contributed by atoms with van der Waals surface area (Å²) >= 11 is 0.